The van der Waals surface area contributed by atoms with Crippen molar-refractivity contribution in [3.8, 4) is 0 Å². The number of aliphatic hydroxyl groups excluding tert-OH is 5. The standard InChI is InChI=1S/C41H81NO8/c1-3-5-7-9-10-11-12-13-14-15-16-17-18-19-20-21-22-23-24-25-26-27-28-30-35(44)34(42-37(45)31-29-8-6-4-2)33-49-41-40(48)39(47)38(46)36(32-43)50-41/h34-36,38-41,43-44,46-48H,3-33H2,1-2H3,(H,42,45). The summed E-state index contributed by atoms with van der Waals surface area (Å²) < 4.78 is 11.1. The van der Waals surface area contributed by atoms with Gasteiger partial charge in [-0.1, -0.05) is 181 Å². The van der Waals surface area contributed by atoms with E-state index < -0.39 is 49.5 Å². The summed E-state index contributed by atoms with van der Waals surface area (Å²) in [6.07, 6.45) is 27.6. The Morgan fingerprint density at radius 2 is 1.00 bits per heavy atom. The molecule has 1 heterocycles. The number of hydrogen-bond acceptors (Lipinski definition) is 8. The highest BCUT2D eigenvalue weighted by Gasteiger charge is 2.44. The lowest BCUT2D eigenvalue weighted by Gasteiger charge is -2.40. The Hall–Kier alpha value is -0.810. The summed E-state index contributed by atoms with van der Waals surface area (Å²) in [4.78, 5) is 12.6. The van der Waals surface area contributed by atoms with Gasteiger partial charge in [-0.15, -0.1) is 0 Å². The van der Waals surface area contributed by atoms with Gasteiger partial charge in [-0.05, 0) is 12.8 Å². The Labute approximate surface area is 306 Å². The van der Waals surface area contributed by atoms with Gasteiger partial charge in [0.05, 0.1) is 25.4 Å². The van der Waals surface area contributed by atoms with Crippen LogP contribution in [-0.2, 0) is 14.3 Å². The number of carbonyl (C=O) groups excluding carboxylic acids is 1. The number of rotatable bonds is 35. The number of unbranched alkanes of at least 4 members (excludes halogenated alkanes) is 25. The monoisotopic (exact) mass is 716 g/mol. The molecule has 9 heteroatoms. The zero-order valence-corrected chi connectivity index (χ0v) is 32.4. The molecule has 0 aromatic carbocycles. The average molecular weight is 716 g/mol. The van der Waals surface area contributed by atoms with E-state index in [0.717, 1.165) is 44.9 Å². The van der Waals surface area contributed by atoms with E-state index in [1.54, 1.807) is 0 Å². The molecule has 1 rings (SSSR count). The molecule has 1 amide bonds. The maximum Gasteiger partial charge on any atom is 0.220 e. The molecule has 0 aliphatic carbocycles. The zero-order valence-electron chi connectivity index (χ0n) is 32.4. The molecule has 0 saturated carbocycles. The molecule has 0 spiro atoms. The van der Waals surface area contributed by atoms with Gasteiger partial charge in [0.1, 0.15) is 24.4 Å². The van der Waals surface area contributed by atoms with E-state index in [2.05, 4.69) is 19.2 Å². The predicted octanol–water partition coefficient (Wildman–Crippen LogP) is 8.00. The second-order valence-corrected chi connectivity index (χ2v) is 15.1. The third-order valence-corrected chi connectivity index (χ3v) is 10.5. The van der Waals surface area contributed by atoms with Gasteiger partial charge >= 0.3 is 0 Å². The Bertz CT molecular complexity index is 756. The fourth-order valence-electron chi connectivity index (χ4n) is 6.98. The zero-order chi connectivity index (χ0) is 36.7. The van der Waals surface area contributed by atoms with E-state index >= 15 is 0 Å². The number of ether oxygens (including phenoxy) is 2. The lowest BCUT2D eigenvalue weighted by Crippen LogP contribution is -2.60. The van der Waals surface area contributed by atoms with Gasteiger partial charge in [0.25, 0.3) is 0 Å². The summed E-state index contributed by atoms with van der Waals surface area (Å²) >= 11 is 0. The minimum absolute atomic E-state index is 0.135. The number of amides is 1. The number of aliphatic hydroxyl groups is 5. The number of hydrogen-bond donors (Lipinski definition) is 6. The Kier molecular flexibility index (Phi) is 31.0. The molecule has 0 radical (unpaired) electrons. The molecular weight excluding hydrogens is 634 g/mol. The quantitative estimate of drug-likeness (QED) is 0.0362. The van der Waals surface area contributed by atoms with Gasteiger partial charge in [0, 0.05) is 6.42 Å². The van der Waals surface area contributed by atoms with E-state index in [1.165, 1.54) is 128 Å². The lowest BCUT2D eigenvalue weighted by atomic mass is 9.99. The molecule has 50 heavy (non-hydrogen) atoms. The first-order valence-corrected chi connectivity index (χ1v) is 21.2. The van der Waals surface area contributed by atoms with Gasteiger partial charge in [-0.25, -0.2) is 0 Å². The Morgan fingerprint density at radius 1 is 0.600 bits per heavy atom. The molecule has 0 aromatic heterocycles. The molecule has 1 aliphatic rings. The van der Waals surface area contributed by atoms with Gasteiger partial charge in [0.2, 0.25) is 5.91 Å². The second-order valence-electron chi connectivity index (χ2n) is 15.1. The molecule has 6 N–H and O–H groups in total. The minimum atomic E-state index is -1.55. The van der Waals surface area contributed by atoms with E-state index in [4.69, 9.17) is 9.47 Å². The fraction of sp³-hybridized carbons (Fsp3) is 0.976. The van der Waals surface area contributed by atoms with E-state index in [1.807, 2.05) is 0 Å². The highest BCUT2D eigenvalue weighted by atomic mass is 16.7. The van der Waals surface area contributed by atoms with Crippen molar-refractivity contribution in [1.82, 2.24) is 5.32 Å². The third-order valence-electron chi connectivity index (χ3n) is 10.5. The summed E-state index contributed by atoms with van der Waals surface area (Å²) in [7, 11) is 0. The molecule has 9 nitrogen and oxygen atoms in total. The summed E-state index contributed by atoms with van der Waals surface area (Å²) in [5, 5.41) is 53.8. The van der Waals surface area contributed by atoms with Gasteiger partial charge < -0.3 is 40.3 Å². The SMILES string of the molecule is CCCCCCCCCCCCCCCCCCCCCCCCCC(O)C(COC1OC(CO)C(O)C(O)C1O)NC(=O)CCCCCC. The fourth-order valence-corrected chi connectivity index (χ4v) is 6.98. The van der Waals surface area contributed by atoms with E-state index in [9.17, 15) is 30.3 Å². The molecular formula is C41H81NO8. The molecule has 298 valence electrons. The molecule has 0 bridgehead atoms. The van der Waals surface area contributed by atoms with Gasteiger partial charge in [-0.3, -0.25) is 4.79 Å². The normalized spacial score (nSPS) is 22.1. The van der Waals surface area contributed by atoms with Crippen LogP contribution in [0.15, 0.2) is 0 Å². The highest BCUT2D eigenvalue weighted by Crippen LogP contribution is 2.23. The first-order chi connectivity index (χ1) is 24.3. The third kappa shape index (κ3) is 23.7. The smallest absolute Gasteiger partial charge is 0.220 e. The maximum absolute atomic E-state index is 12.6. The summed E-state index contributed by atoms with van der Waals surface area (Å²) in [5.41, 5.74) is 0. The van der Waals surface area contributed by atoms with Crippen LogP contribution in [0.5, 0.6) is 0 Å². The molecule has 1 fully saturated rings. The van der Waals surface area contributed by atoms with Crippen LogP contribution in [0, 0.1) is 0 Å². The van der Waals surface area contributed by atoms with Crippen molar-refractivity contribution in [2.75, 3.05) is 13.2 Å². The number of carbonyl (C=O) groups is 1. The van der Waals surface area contributed by atoms with Crippen molar-refractivity contribution in [1.29, 1.82) is 0 Å². The minimum Gasteiger partial charge on any atom is -0.394 e. The van der Waals surface area contributed by atoms with Crippen molar-refractivity contribution in [2.45, 2.75) is 243 Å². The summed E-state index contributed by atoms with van der Waals surface area (Å²) in [5.74, 6) is -0.160. The van der Waals surface area contributed by atoms with Crippen LogP contribution in [-0.4, -0.2) is 87.5 Å². The highest BCUT2D eigenvalue weighted by molar-refractivity contribution is 5.76. The van der Waals surface area contributed by atoms with Crippen molar-refractivity contribution in [2.24, 2.45) is 0 Å². The lowest BCUT2D eigenvalue weighted by molar-refractivity contribution is -0.302. The summed E-state index contributed by atoms with van der Waals surface area (Å²) in [6.45, 7) is 3.71. The van der Waals surface area contributed by atoms with Crippen molar-refractivity contribution >= 4 is 5.91 Å². The van der Waals surface area contributed by atoms with Crippen LogP contribution in [0.25, 0.3) is 0 Å². The molecule has 7 atom stereocenters. The first-order valence-electron chi connectivity index (χ1n) is 21.2. The van der Waals surface area contributed by atoms with Crippen LogP contribution in [0.4, 0.5) is 0 Å². The summed E-state index contributed by atoms with van der Waals surface area (Å²) in [6, 6.07) is -0.708. The van der Waals surface area contributed by atoms with E-state index in [0.29, 0.717) is 12.8 Å². The first kappa shape index (κ1) is 47.2. The molecule has 0 aromatic rings. The van der Waals surface area contributed by atoms with Gasteiger partial charge in [-0.2, -0.15) is 0 Å². The van der Waals surface area contributed by atoms with Crippen LogP contribution >= 0.6 is 0 Å². The largest absolute Gasteiger partial charge is 0.394 e. The molecule has 7 unspecified atom stereocenters. The molecule has 1 aliphatic heterocycles. The van der Waals surface area contributed by atoms with Gasteiger partial charge in [0.15, 0.2) is 6.29 Å². The van der Waals surface area contributed by atoms with Crippen LogP contribution in [0.2, 0.25) is 0 Å². The Balaban J connectivity index is 2.14. The van der Waals surface area contributed by atoms with Crippen molar-refractivity contribution in [3.63, 3.8) is 0 Å². The second kappa shape index (κ2) is 32.8. The number of nitrogens with one attached hydrogen (secondary N) is 1. The van der Waals surface area contributed by atoms with Crippen molar-refractivity contribution in [3.05, 3.63) is 0 Å². The Morgan fingerprint density at radius 3 is 1.42 bits per heavy atom. The van der Waals surface area contributed by atoms with Crippen molar-refractivity contribution < 1.29 is 39.8 Å². The average Bonchev–Trinajstić information content (AvgIpc) is 3.11. The van der Waals surface area contributed by atoms with Crippen LogP contribution < -0.4 is 5.32 Å². The molecule has 1 saturated heterocycles. The maximum atomic E-state index is 12.6. The van der Waals surface area contributed by atoms with E-state index in [-0.39, 0.29) is 12.5 Å². The topological polar surface area (TPSA) is 149 Å². The van der Waals surface area contributed by atoms with Crippen LogP contribution in [0.1, 0.15) is 200 Å². The van der Waals surface area contributed by atoms with Crippen LogP contribution in [0.3, 0.4) is 0 Å². The predicted molar refractivity (Wildman–Crippen MR) is 203 cm³/mol.